The number of carbonyl (C=O) groups excluding carboxylic acids is 1. The van der Waals surface area contributed by atoms with Gasteiger partial charge < -0.3 is 9.64 Å². The molecule has 2 aliphatic rings. The number of aromatic nitrogens is 2. The lowest BCUT2D eigenvalue weighted by atomic mass is 9.89. The Morgan fingerprint density at radius 2 is 2.15 bits per heavy atom. The summed E-state index contributed by atoms with van der Waals surface area (Å²) in [6.45, 7) is 7.27. The molecule has 0 N–H and O–H groups in total. The highest BCUT2D eigenvalue weighted by Gasteiger charge is 2.25. The fourth-order valence-electron chi connectivity index (χ4n) is 3.82. The van der Waals surface area contributed by atoms with E-state index >= 15 is 0 Å². The molecule has 1 aliphatic heterocycles. The van der Waals surface area contributed by atoms with Gasteiger partial charge in [0.1, 0.15) is 4.83 Å². The van der Waals surface area contributed by atoms with Gasteiger partial charge in [0.2, 0.25) is 5.91 Å². The third-order valence-electron chi connectivity index (χ3n) is 5.38. The van der Waals surface area contributed by atoms with E-state index < -0.39 is 0 Å². The first kappa shape index (κ1) is 19.0. The average molecular weight is 408 g/mol. The van der Waals surface area contributed by atoms with Crippen LogP contribution in [0, 0.1) is 5.92 Å². The van der Waals surface area contributed by atoms with E-state index in [0.29, 0.717) is 49.7 Å². The molecule has 0 saturated carbocycles. The maximum absolute atomic E-state index is 13.1. The number of nitrogens with zero attached hydrogens (tertiary/aromatic N) is 3. The number of hydrogen-bond acceptors (Lipinski definition) is 6. The van der Waals surface area contributed by atoms with E-state index in [4.69, 9.17) is 9.72 Å². The average Bonchev–Trinajstić information content (AvgIpc) is 3.04. The number of thioether (sulfide) groups is 1. The zero-order valence-electron chi connectivity index (χ0n) is 15.8. The maximum Gasteiger partial charge on any atom is 0.263 e. The molecule has 6 nitrogen and oxygen atoms in total. The Bertz CT molecular complexity index is 915. The van der Waals surface area contributed by atoms with E-state index in [9.17, 15) is 9.59 Å². The second-order valence-corrected chi connectivity index (χ2v) is 9.28. The summed E-state index contributed by atoms with van der Waals surface area (Å²) in [5.41, 5.74) is 1.27. The summed E-state index contributed by atoms with van der Waals surface area (Å²) in [7, 11) is 0. The number of amides is 1. The van der Waals surface area contributed by atoms with Crippen LogP contribution in [0.2, 0.25) is 0 Å². The van der Waals surface area contributed by atoms with Gasteiger partial charge in [0, 0.05) is 24.5 Å². The fourth-order valence-corrected chi connectivity index (χ4v) is 6.21. The van der Waals surface area contributed by atoms with Crippen molar-refractivity contribution < 1.29 is 9.53 Å². The highest BCUT2D eigenvalue weighted by atomic mass is 32.2. The van der Waals surface area contributed by atoms with Crippen molar-refractivity contribution in [2.45, 2.75) is 44.8 Å². The highest BCUT2D eigenvalue weighted by Crippen LogP contribution is 2.36. The van der Waals surface area contributed by atoms with E-state index in [1.54, 1.807) is 15.9 Å². The van der Waals surface area contributed by atoms with Gasteiger partial charge in [-0.05, 0) is 37.7 Å². The van der Waals surface area contributed by atoms with Crippen molar-refractivity contribution in [2.24, 2.45) is 5.92 Å². The van der Waals surface area contributed by atoms with Crippen LogP contribution in [0.4, 0.5) is 0 Å². The second kappa shape index (κ2) is 7.93. The third kappa shape index (κ3) is 3.67. The van der Waals surface area contributed by atoms with Gasteiger partial charge >= 0.3 is 0 Å². The Kier molecular flexibility index (Phi) is 5.57. The fraction of sp³-hybridized carbons (Fsp3) is 0.632. The molecule has 0 aromatic carbocycles. The molecule has 1 atom stereocenters. The molecule has 8 heteroatoms. The SMILES string of the molecule is CCn1c(SCC(=O)N2CCOCC2)nc2sc3c(c2c1=O)CCC(C)C3. The highest BCUT2D eigenvalue weighted by molar-refractivity contribution is 7.99. The van der Waals surface area contributed by atoms with Crippen molar-refractivity contribution in [1.82, 2.24) is 14.5 Å². The molecule has 0 spiro atoms. The van der Waals surface area contributed by atoms with Gasteiger partial charge in [-0.3, -0.25) is 14.2 Å². The molecule has 1 amide bonds. The van der Waals surface area contributed by atoms with Crippen molar-refractivity contribution in [3.8, 4) is 0 Å². The van der Waals surface area contributed by atoms with Gasteiger partial charge in [0.05, 0.1) is 24.4 Å². The smallest absolute Gasteiger partial charge is 0.263 e. The zero-order chi connectivity index (χ0) is 19.0. The first-order chi connectivity index (χ1) is 13.1. The molecule has 146 valence electrons. The minimum absolute atomic E-state index is 0.0517. The molecule has 1 saturated heterocycles. The van der Waals surface area contributed by atoms with Crippen LogP contribution in [0.3, 0.4) is 0 Å². The molecule has 1 unspecified atom stereocenters. The second-order valence-electron chi connectivity index (χ2n) is 7.26. The lowest BCUT2D eigenvalue weighted by Crippen LogP contribution is -2.41. The number of morpholine rings is 1. The molecule has 1 fully saturated rings. The monoisotopic (exact) mass is 407 g/mol. The number of hydrogen-bond donors (Lipinski definition) is 0. The van der Waals surface area contributed by atoms with E-state index in [1.165, 1.54) is 22.2 Å². The summed E-state index contributed by atoms with van der Waals surface area (Å²) < 4.78 is 7.03. The molecule has 2 aromatic heterocycles. The van der Waals surface area contributed by atoms with Crippen LogP contribution in [-0.4, -0.2) is 52.4 Å². The molecule has 4 rings (SSSR count). The third-order valence-corrected chi connectivity index (χ3v) is 7.49. The first-order valence-electron chi connectivity index (χ1n) is 9.61. The summed E-state index contributed by atoms with van der Waals surface area (Å²) in [5.74, 6) is 1.05. The summed E-state index contributed by atoms with van der Waals surface area (Å²) in [4.78, 5) is 34.4. The van der Waals surface area contributed by atoms with Crippen LogP contribution in [-0.2, 0) is 28.9 Å². The predicted octanol–water partition coefficient (Wildman–Crippen LogP) is 2.55. The summed E-state index contributed by atoms with van der Waals surface area (Å²) in [5, 5.41) is 1.47. The predicted molar refractivity (Wildman–Crippen MR) is 109 cm³/mol. The number of carbonyl (C=O) groups is 1. The zero-order valence-corrected chi connectivity index (χ0v) is 17.5. The summed E-state index contributed by atoms with van der Waals surface area (Å²) >= 11 is 3.04. The number of aryl methyl sites for hydroxylation is 1. The number of thiophene rings is 1. The van der Waals surface area contributed by atoms with Crippen LogP contribution < -0.4 is 5.56 Å². The van der Waals surface area contributed by atoms with Crippen LogP contribution >= 0.6 is 23.1 Å². The van der Waals surface area contributed by atoms with Gasteiger partial charge in [-0.2, -0.15) is 0 Å². The Labute approximate surface area is 166 Å². The van der Waals surface area contributed by atoms with E-state index in [-0.39, 0.29) is 11.5 Å². The summed E-state index contributed by atoms with van der Waals surface area (Å²) in [6.07, 6.45) is 3.15. The summed E-state index contributed by atoms with van der Waals surface area (Å²) in [6, 6.07) is 0. The van der Waals surface area contributed by atoms with Crippen molar-refractivity contribution >= 4 is 39.2 Å². The molecule has 1 aliphatic carbocycles. The Balaban J connectivity index is 1.62. The first-order valence-corrected chi connectivity index (χ1v) is 11.4. The standard InChI is InChI=1S/C19H25N3O3S2/c1-3-22-18(24)16-13-5-4-12(2)10-14(13)27-17(16)20-19(22)26-11-15(23)21-6-8-25-9-7-21/h12H,3-11H2,1-2H3. The quantitative estimate of drug-likeness (QED) is 0.576. The van der Waals surface area contributed by atoms with Gasteiger partial charge in [-0.15, -0.1) is 11.3 Å². The minimum atomic E-state index is 0.0517. The van der Waals surface area contributed by atoms with E-state index in [1.807, 2.05) is 11.8 Å². The van der Waals surface area contributed by atoms with Gasteiger partial charge in [0.15, 0.2) is 5.16 Å². The van der Waals surface area contributed by atoms with Crippen LogP contribution in [0.5, 0.6) is 0 Å². The Morgan fingerprint density at radius 1 is 1.37 bits per heavy atom. The molecule has 0 bridgehead atoms. The molecular weight excluding hydrogens is 382 g/mol. The topological polar surface area (TPSA) is 64.4 Å². The van der Waals surface area contributed by atoms with Gasteiger partial charge in [-0.25, -0.2) is 4.98 Å². The van der Waals surface area contributed by atoms with Crippen molar-refractivity contribution in [3.63, 3.8) is 0 Å². The Hall–Kier alpha value is -1.38. The van der Waals surface area contributed by atoms with Crippen molar-refractivity contribution in [1.29, 1.82) is 0 Å². The lowest BCUT2D eigenvalue weighted by Gasteiger charge is -2.26. The van der Waals surface area contributed by atoms with Crippen LogP contribution in [0.15, 0.2) is 9.95 Å². The van der Waals surface area contributed by atoms with Crippen LogP contribution in [0.1, 0.15) is 30.7 Å². The molecule has 2 aromatic rings. The van der Waals surface area contributed by atoms with Gasteiger partial charge in [0.25, 0.3) is 5.56 Å². The molecular formula is C19H25N3O3S2. The maximum atomic E-state index is 13.1. The van der Waals surface area contributed by atoms with Gasteiger partial charge in [-0.1, -0.05) is 18.7 Å². The molecule has 27 heavy (non-hydrogen) atoms. The number of rotatable bonds is 4. The van der Waals surface area contributed by atoms with Crippen molar-refractivity contribution in [3.05, 3.63) is 20.8 Å². The molecule has 0 radical (unpaired) electrons. The minimum Gasteiger partial charge on any atom is -0.378 e. The Morgan fingerprint density at radius 3 is 2.89 bits per heavy atom. The van der Waals surface area contributed by atoms with E-state index in [0.717, 1.165) is 29.5 Å². The lowest BCUT2D eigenvalue weighted by molar-refractivity contribution is -0.132. The number of fused-ring (bicyclic) bond motifs is 3. The van der Waals surface area contributed by atoms with Crippen LogP contribution in [0.25, 0.3) is 10.2 Å². The van der Waals surface area contributed by atoms with Crippen molar-refractivity contribution in [2.75, 3.05) is 32.1 Å². The molecule has 3 heterocycles. The number of ether oxygens (including phenoxy) is 1. The normalized spacial score (nSPS) is 20.1. The largest absolute Gasteiger partial charge is 0.378 e. The van der Waals surface area contributed by atoms with E-state index in [2.05, 4.69) is 6.92 Å².